The Bertz CT molecular complexity index is 1140. The Morgan fingerprint density at radius 1 is 1.08 bits per heavy atom. The Balaban J connectivity index is 1.40. The van der Waals surface area contributed by atoms with E-state index < -0.39 is 0 Å². The second-order valence-electron chi connectivity index (χ2n) is 5.86. The summed E-state index contributed by atoms with van der Waals surface area (Å²) < 4.78 is 7.05. The summed E-state index contributed by atoms with van der Waals surface area (Å²) in [6, 6.07) is 12.4. The molecule has 0 aliphatic carbocycles. The molecule has 8 nitrogen and oxygen atoms in total. The highest BCUT2D eigenvalue weighted by molar-refractivity contribution is 5.80. The predicted molar refractivity (Wildman–Crippen MR) is 96.8 cm³/mol. The average molecular weight is 351 g/mol. The maximum Gasteiger partial charge on any atom is 0.273 e. The number of aromatic amines is 2. The molecule has 0 saturated heterocycles. The van der Waals surface area contributed by atoms with Crippen molar-refractivity contribution in [2.75, 3.05) is 6.54 Å². The molecule has 0 unspecified atom stereocenters. The highest BCUT2D eigenvalue weighted by Crippen LogP contribution is 2.19. The molecule has 0 aliphatic heterocycles. The lowest BCUT2D eigenvalue weighted by Gasteiger charge is -2.07. The fourth-order valence-electron chi connectivity index (χ4n) is 2.82. The van der Waals surface area contributed by atoms with Crippen molar-refractivity contribution >= 4 is 10.8 Å². The van der Waals surface area contributed by atoms with Crippen LogP contribution in [0.4, 0.5) is 0 Å². The van der Waals surface area contributed by atoms with E-state index in [9.17, 15) is 9.59 Å². The van der Waals surface area contributed by atoms with Crippen molar-refractivity contribution in [2.45, 2.75) is 13.1 Å². The zero-order chi connectivity index (χ0) is 17.9. The molecule has 8 heteroatoms. The van der Waals surface area contributed by atoms with Crippen LogP contribution >= 0.6 is 0 Å². The molecule has 3 heterocycles. The maximum atomic E-state index is 12.4. The van der Waals surface area contributed by atoms with E-state index >= 15 is 0 Å². The van der Waals surface area contributed by atoms with Crippen LogP contribution in [-0.4, -0.2) is 26.5 Å². The maximum absolute atomic E-state index is 12.4. The Kier molecular flexibility index (Phi) is 4.24. The third-order valence-electron chi connectivity index (χ3n) is 4.12. The number of rotatable bonds is 6. The average Bonchev–Trinajstić information content (AvgIpc) is 3.34. The van der Waals surface area contributed by atoms with E-state index in [4.69, 9.17) is 4.42 Å². The highest BCUT2D eigenvalue weighted by atomic mass is 16.3. The van der Waals surface area contributed by atoms with E-state index in [1.165, 1.54) is 4.68 Å². The SMILES string of the molecule is O=c1[nH]n(CCNCc2ccc(-c3ccn[nH]3)o2)c(=O)c2ccccc12. The van der Waals surface area contributed by atoms with Gasteiger partial charge >= 0.3 is 0 Å². The van der Waals surface area contributed by atoms with Gasteiger partial charge in [0.1, 0.15) is 11.5 Å². The van der Waals surface area contributed by atoms with Gasteiger partial charge in [-0.1, -0.05) is 12.1 Å². The summed E-state index contributed by atoms with van der Waals surface area (Å²) in [7, 11) is 0. The number of nitrogens with zero attached hydrogens (tertiary/aromatic N) is 2. The molecule has 0 bridgehead atoms. The molecule has 132 valence electrons. The van der Waals surface area contributed by atoms with Crippen molar-refractivity contribution in [1.29, 1.82) is 0 Å². The molecule has 4 aromatic rings. The molecule has 4 rings (SSSR count). The van der Waals surface area contributed by atoms with Crippen molar-refractivity contribution in [2.24, 2.45) is 0 Å². The third kappa shape index (κ3) is 3.09. The summed E-state index contributed by atoms with van der Waals surface area (Å²) in [5.41, 5.74) is 0.341. The number of hydrogen-bond acceptors (Lipinski definition) is 5. The molecule has 0 amide bonds. The van der Waals surface area contributed by atoms with Crippen LogP contribution in [0.1, 0.15) is 5.76 Å². The smallest absolute Gasteiger partial charge is 0.273 e. The summed E-state index contributed by atoms with van der Waals surface area (Å²) in [4.78, 5) is 24.5. The van der Waals surface area contributed by atoms with Crippen LogP contribution in [-0.2, 0) is 13.1 Å². The molecule has 0 radical (unpaired) electrons. The summed E-state index contributed by atoms with van der Waals surface area (Å²) in [5.74, 6) is 1.49. The van der Waals surface area contributed by atoms with Crippen molar-refractivity contribution in [3.8, 4) is 11.5 Å². The number of fused-ring (bicyclic) bond motifs is 1. The molecule has 1 aromatic carbocycles. The van der Waals surface area contributed by atoms with E-state index in [-0.39, 0.29) is 11.1 Å². The molecule has 0 fully saturated rings. The molecule has 3 aromatic heterocycles. The first-order chi connectivity index (χ1) is 12.7. The van der Waals surface area contributed by atoms with E-state index in [1.54, 1.807) is 30.5 Å². The van der Waals surface area contributed by atoms with E-state index in [2.05, 4.69) is 20.6 Å². The summed E-state index contributed by atoms with van der Waals surface area (Å²) in [5, 5.41) is 13.4. The van der Waals surface area contributed by atoms with Crippen LogP contribution in [0.2, 0.25) is 0 Å². The standard InChI is InChI=1S/C18H17N5O3/c24-17-13-3-1-2-4-14(13)18(25)23(22-17)10-9-19-11-12-5-6-16(26-12)15-7-8-20-21-15/h1-8,19H,9-11H2,(H,20,21)(H,22,24). The van der Waals surface area contributed by atoms with Crippen LogP contribution in [0.25, 0.3) is 22.2 Å². The van der Waals surface area contributed by atoms with Gasteiger partial charge in [-0.15, -0.1) is 0 Å². The van der Waals surface area contributed by atoms with Crippen molar-refractivity contribution in [3.63, 3.8) is 0 Å². The number of furan rings is 1. The first-order valence-electron chi connectivity index (χ1n) is 8.23. The van der Waals surface area contributed by atoms with Gasteiger partial charge in [0.05, 0.1) is 23.9 Å². The van der Waals surface area contributed by atoms with Crippen molar-refractivity contribution in [1.82, 2.24) is 25.3 Å². The van der Waals surface area contributed by atoms with E-state index in [0.717, 1.165) is 17.2 Å². The molecular weight excluding hydrogens is 334 g/mol. The zero-order valence-corrected chi connectivity index (χ0v) is 13.9. The lowest BCUT2D eigenvalue weighted by Crippen LogP contribution is -2.33. The van der Waals surface area contributed by atoms with Crippen LogP contribution in [0.5, 0.6) is 0 Å². The van der Waals surface area contributed by atoms with E-state index in [0.29, 0.717) is 30.4 Å². The number of benzene rings is 1. The normalized spacial score (nSPS) is 11.2. The molecule has 3 N–H and O–H groups in total. The topological polar surface area (TPSA) is 109 Å². The Hall–Kier alpha value is -3.39. The minimum absolute atomic E-state index is 0.207. The van der Waals surface area contributed by atoms with Gasteiger partial charge in [0.15, 0.2) is 5.76 Å². The Morgan fingerprint density at radius 3 is 2.73 bits per heavy atom. The molecule has 0 aliphatic rings. The third-order valence-corrected chi connectivity index (χ3v) is 4.12. The Morgan fingerprint density at radius 2 is 1.92 bits per heavy atom. The second-order valence-corrected chi connectivity index (χ2v) is 5.86. The van der Waals surface area contributed by atoms with Gasteiger partial charge in [-0.25, -0.2) is 4.68 Å². The lowest BCUT2D eigenvalue weighted by atomic mass is 10.2. The van der Waals surface area contributed by atoms with Gasteiger partial charge in [-0.2, -0.15) is 5.10 Å². The van der Waals surface area contributed by atoms with Crippen LogP contribution in [0.15, 0.2) is 62.7 Å². The predicted octanol–water partition coefficient (Wildman–Crippen LogP) is 1.46. The van der Waals surface area contributed by atoms with Gasteiger partial charge in [0.25, 0.3) is 11.1 Å². The van der Waals surface area contributed by atoms with Gasteiger partial charge in [0, 0.05) is 12.7 Å². The largest absolute Gasteiger partial charge is 0.458 e. The minimum atomic E-state index is -0.268. The molecule has 0 spiro atoms. The number of H-pyrrole nitrogens is 2. The molecule has 26 heavy (non-hydrogen) atoms. The van der Waals surface area contributed by atoms with Crippen LogP contribution in [0.3, 0.4) is 0 Å². The van der Waals surface area contributed by atoms with E-state index in [1.807, 2.05) is 18.2 Å². The van der Waals surface area contributed by atoms with Gasteiger partial charge < -0.3 is 9.73 Å². The fourth-order valence-corrected chi connectivity index (χ4v) is 2.82. The monoisotopic (exact) mass is 351 g/mol. The van der Waals surface area contributed by atoms with Gasteiger partial charge in [-0.3, -0.25) is 19.8 Å². The van der Waals surface area contributed by atoms with Crippen LogP contribution in [0, 0.1) is 0 Å². The summed E-state index contributed by atoms with van der Waals surface area (Å²) in [6.07, 6.45) is 1.66. The molecular formula is C18H17N5O3. The molecule has 0 atom stereocenters. The fraction of sp³-hybridized carbons (Fsp3) is 0.167. The zero-order valence-electron chi connectivity index (χ0n) is 13.9. The first kappa shape index (κ1) is 16.1. The number of nitrogens with one attached hydrogen (secondary N) is 3. The van der Waals surface area contributed by atoms with Crippen molar-refractivity contribution < 1.29 is 4.42 Å². The number of hydrogen-bond donors (Lipinski definition) is 3. The highest BCUT2D eigenvalue weighted by Gasteiger charge is 2.07. The summed E-state index contributed by atoms with van der Waals surface area (Å²) in [6.45, 7) is 1.38. The number of aromatic nitrogens is 4. The lowest BCUT2D eigenvalue weighted by molar-refractivity contribution is 0.472. The van der Waals surface area contributed by atoms with Gasteiger partial charge in [-0.05, 0) is 30.3 Å². The minimum Gasteiger partial charge on any atom is -0.458 e. The van der Waals surface area contributed by atoms with Crippen LogP contribution < -0.4 is 16.4 Å². The van der Waals surface area contributed by atoms with Crippen molar-refractivity contribution in [3.05, 3.63) is 75.1 Å². The van der Waals surface area contributed by atoms with Gasteiger partial charge in [0.2, 0.25) is 0 Å². The molecule has 0 saturated carbocycles. The quantitative estimate of drug-likeness (QED) is 0.456. The Labute approximate surface area is 147 Å². The first-order valence-corrected chi connectivity index (χ1v) is 8.23. The second kappa shape index (κ2) is 6.85. The summed E-state index contributed by atoms with van der Waals surface area (Å²) >= 11 is 0.